The van der Waals surface area contributed by atoms with Gasteiger partial charge < -0.3 is 10.4 Å². The Labute approximate surface area is 98.0 Å². The first-order valence-electron chi connectivity index (χ1n) is 4.68. The second-order valence-electron chi connectivity index (χ2n) is 3.24. The van der Waals surface area contributed by atoms with Gasteiger partial charge in [-0.25, -0.2) is 4.79 Å². The van der Waals surface area contributed by atoms with Crippen LogP contribution in [0, 0.1) is 0 Å². The molecule has 1 amide bonds. The van der Waals surface area contributed by atoms with Crippen LogP contribution in [0.5, 0.6) is 0 Å². The van der Waals surface area contributed by atoms with Crippen molar-refractivity contribution < 1.29 is 14.7 Å². The fraction of sp³-hybridized carbons (Fsp3) is 0.273. The van der Waals surface area contributed by atoms with E-state index in [2.05, 4.69) is 5.32 Å². The lowest BCUT2D eigenvalue weighted by molar-refractivity contribution is -0.141. The minimum absolute atomic E-state index is 0.360. The standard InChI is InChI=1S/C11H13NO3S/c1-7(13)12-10(11(14)15)8-3-5-9(16-2)6-4-8/h3-6,10H,1-2H3,(H,12,13)(H,14,15). The third kappa shape index (κ3) is 3.27. The maximum atomic E-state index is 11.0. The van der Waals surface area contributed by atoms with Crippen LogP contribution < -0.4 is 5.32 Å². The van der Waals surface area contributed by atoms with Crippen LogP contribution in [0.3, 0.4) is 0 Å². The molecule has 0 saturated carbocycles. The molecule has 1 aromatic carbocycles. The molecule has 0 fully saturated rings. The summed E-state index contributed by atoms with van der Waals surface area (Å²) in [6.45, 7) is 1.30. The largest absolute Gasteiger partial charge is 0.479 e. The highest BCUT2D eigenvalue weighted by atomic mass is 32.2. The first-order valence-corrected chi connectivity index (χ1v) is 5.91. The van der Waals surface area contributed by atoms with Crippen molar-refractivity contribution in [1.29, 1.82) is 0 Å². The fourth-order valence-electron chi connectivity index (χ4n) is 1.29. The van der Waals surface area contributed by atoms with E-state index in [-0.39, 0.29) is 5.91 Å². The van der Waals surface area contributed by atoms with E-state index in [0.717, 1.165) is 4.90 Å². The van der Waals surface area contributed by atoms with Crippen molar-refractivity contribution in [3.63, 3.8) is 0 Å². The van der Waals surface area contributed by atoms with E-state index >= 15 is 0 Å². The molecule has 86 valence electrons. The number of benzene rings is 1. The molecule has 2 N–H and O–H groups in total. The minimum Gasteiger partial charge on any atom is -0.479 e. The van der Waals surface area contributed by atoms with Crippen molar-refractivity contribution >= 4 is 23.6 Å². The smallest absolute Gasteiger partial charge is 0.330 e. The van der Waals surface area contributed by atoms with Gasteiger partial charge in [0.05, 0.1) is 0 Å². The summed E-state index contributed by atoms with van der Waals surface area (Å²) in [6, 6.07) is 6.10. The molecule has 0 spiro atoms. The zero-order chi connectivity index (χ0) is 12.1. The van der Waals surface area contributed by atoms with Gasteiger partial charge in [0.1, 0.15) is 0 Å². The topological polar surface area (TPSA) is 66.4 Å². The van der Waals surface area contributed by atoms with Gasteiger partial charge in [0.15, 0.2) is 6.04 Å². The molecule has 0 aliphatic carbocycles. The number of thioether (sulfide) groups is 1. The fourth-order valence-corrected chi connectivity index (χ4v) is 1.70. The van der Waals surface area contributed by atoms with Gasteiger partial charge in [-0.15, -0.1) is 11.8 Å². The van der Waals surface area contributed by atoms with E-state index < -0.39 is 12.0 Å². The normalized spacial score (nSPS) is 11.9. The van der Waals surface area contributed by atoms with Gasteiger partial charge in [-0.1, -0.05) is 12.1 Å². The number of carboxylic acid groups (broad SMARTS) is 1. The van der Waals surface area contributed by atoms with E-state index in [1.165, 1.54) is 6.92 Å². The van der Waals surface area contributed by atoms with Crippen LogP contribution in [0.25, 0.3) is 0 Å². The predicted molar refractivity (Wildman–Crippen MR) is 62.4 cm³/mol. The van der Waals surface area contributed by atoms with Crippen LogP contribution in [-0.4, -0.2) is 23.2 Å². The molecule has 1 atom stereocenters. The highest BCUT2D eigenvalue weighted by molar-refractivity contribution is 7.98. The summed E-state index contributed by atoms with van der Waals surface area (Å²) < 4.78 is 0. The quantitative estimate of drug-likeness (QED) is 0.784. The Morgan fingerprint density at radius 1 is 1.31 bits per heavy atom. The number of carbonyl (C=O) groups is 2. The molecule has 0 heterocycles. The third-order valence-electron chi connectivity index (χ3n) is 2.04. The molecule has 1 rings (SSSR count). The molecule has 0 saturated heterocycles. The number of hydrogen-bond donors (Lipinski definition) is 2. The molecule has 1 aromatic rings. The second kappa shape index (κ2) is 5.55. The predicted octanol–water partition coefficient (Wildman–Crippen LogP) is 1.67. The van der Waals surface area contributed by atoms with Crippen LogP contribution >= 0.6 is 11.8 Å². The van der Waals surface area contributed by atoms with Gasteiger partial charge in [-0.3, -0.25) is 4.79 Å². The zero-order valence-electron chi connectivity index (χ0n) is 9.06. The van der Waals surface area contributed by atoms with Gasteiger partial charge >= 0.3 is 5.97 Å². The van der Waals surface area contributed by atoms with Crippen molar-refractivity contribution in [1.82, 2.24) is 5.32 Å². The van der Waals surface area contributed by atoms with Gasteiger partial charge in [0.2, 0.25) is 5.91 Å². The summed E-state index contributed by atoms with van der Waals surface area (Å²) in [5.41, 5.74) is 0.570. The minimum atomic E-state index is -1.06. The van der Waals surface area contributed by atoms with Crippen LogP contribution in [0.2, 0.25) is 0 Å². The number of nitrogens with one attached hydrogen (secondary N) is 1. The molecular formula is C11H13NO3S. The van der Waals surface area contributed by atoms with Crippen molar-refractivity contribution in [3.8, 4) is 0 Å². The van der Waals surface area contributed by atoms with Crippen molar-refractivity contribution in [2.45, 2.75) is 17.9 Å². The first kappa shape index (κ1) is 12.6. The molecular weight excluding hydrogens is 226 g/mol. The molecule has 0 aliphatic heterocycles. The lowest BCUT2D eigenvalue weighted by Crippen LogP contribution is -2.31. The Hall–Kier alpha value is -1.49. The Balaban J connectivity index is 2.92. The average Bonchev–Trinajstić information content (AvgIpc) is 2.25. The molecule has 0 aromatic heterocycles. The Morgan fingerprint density at radius 3 is 2.25 bits per heavy atom. The van der Waals surface area contributed by atoms with Crippen LogP contribution in [0.1, 0.15) is 18.5 Å². The lowest BCUT2D eigenvalue weighted by Gasteiger charge is -2.13. The van der Waals surface area contributed by atoms with Crippen molar-refractivity contribution in [2.24, 2.45) is 0 Å². The van der Waals surface area contributed by atoms with Gasteiger partial charge in [-0.2, -0.15) is 0 Å². The summed E-state index contributed by atoms with van der Waals surface area (Å²) in [4.78, 5) is 22.9. The van der Waals surface area contributed by atoms with E-state index in [0.29, 0.717) is 5.56 Å². The molecule has 16 heavy (non-hydrogen) atoms. The van der Waals surface area contributed by atoms with Gasteiger partial charge in [-0.05, 0) is 24.0 Å². The highest BCUT2D eigenvalue weighted by Crippen LogP contribution is 2.19. The maximum absolute atomic E-state index is 11.0. The summed E-state index contributed by atoms with van der Waals surface area (Å²) in [5.74, 6) is -1.42. The second-order valence-corrected chi connectivity index (χ2v) is 4.12. The number of amides is 1. The molecule has 1 unspecified atom stereocenters. The van der Waals surface area contributed by atoms with E-state index in [4.69, 9.17) is 5.11 Å². The van der Waals surface area contributed by atoms with Crippen LogP contribution in [0.4, 0.5) is 0 Å². The number of rotatable bonds is 4. The average molecular weight is 239 g/mol. The summed E-state index contributed by atoms with van der Waals surface area (Å²) in [6.07, 6.45) is 1.94. The number of aliphatic carboxylic acids is 1. The van der Waals surface area contributed by atoms with E-state index in [1.807, 2.05) is 18.4 Å². The van der Waals surface area contributed by atoms with E-state index in [1.54, 1.807) is 23.9 Å². The van der Waals surface area contributed by atoms with Gasteiger partial charge in [0.25, 0.3) is 0 Å². The zero-order valence-corrected chi connectivity index (χ0v) is 9.88. The van der Waals surface area contributed by atoms with Crippen LogP contribution in [0.15, 0.2) is 29.2 Å². The van der Waals surface area contributed by atoms with Crippen LogP contribution in [-0.2, 0) is 9.59 Å². The lowest BCUT2D eigenvalue weighted by atomic mass is 10.1. The Kier molecular flexibility index (Phi) is 4.37. The number of hydrogen-bond acceptors (Lipinski definition) is 3. The molecule has 5 heteroatoms. The Bertz CT molecular complexity index is 389. The number of carboxylic acids is 1. The van der Waals surface area contributed by atoms with Crippen molar-refractivity contribution in [2.75, 3.05) is 6.26 Å². The maximum Gasteiger partial charge on any atom is 0.330 e. The summed E-state index contributed by atoms with van der Waals surface area (Å²) >= 11 is 1.58. The highest BCUT2D eigenvalue weighted by Gasteiger charge is 2.20. The first-order chi connectivity index (χ1) is 7.54. The monoisotopic (exact) mass is 239 g/mol. The Morgan fingerprint density at radius 2 is 1.88 bits per heavy atom. The molecule has 0 bridgehead atoms. The molecule has 0 radical (unpaired) electrons. The molecule has 0 aliphatic rings. The van der Waals surface area contributed by atoms with E-state index in [9.17, 15) is 9.59 Å². The summed E-state index contributed by atoms with van der Waals surface area (Å²) in [7, 11) is 0. The number of carbonyl (C=O) groups excluding carboxylic acids is 1. The SMILES string of the molecule is CSc1ccc(C(NC(C)=O)C(=O)O)cc1. The van der Waals surface area contributed by atoms with Gasteiger partial charge in [0, 0.05) is 11.8 Å². The third-order valence-corrected chi connectivity index (χ3v) is 2.79. The summed E-state index contributed by atoms with van der Waals surface area (Å²) in [5, 5.41) is 11.4. The van der Waals surface area contributed by atoms with Crippen molar-refractivity contribution in [3.05, 3.63) is 29.8 Å². The molecule has 4 nitrogen and oxygen atoms in total.